The van der Waals surface area contributed by atoms with Gasteiger partial charge in [0.05, 0.1) is 13.2 Å². The van der Waals surface area contributed by atoms with E-state index in [4.69, 9.17) is 14.2 Å². The van der Waals surface area contributed by atoms with E-state index in [1.54, 1.807) is 31.3 Å². The van der Waals surface area contributed by atoms with Crippen LogP contribution in [0.2, 0.25) is 0 Å². The lowest BCUT2D eigenvalue weighted by Crippen LogP contribution is -2.30. The summed E-state index contributed by atoms with van der Waals surface area (Å²) in [7, 11) is 5.25. The van der Waals surface area contributed by atoms with Crippen LogP contribution >= 0.6 is 0 Å². The number of unbranched alkanes of at least 4 members (excludes halogenated alkanes) is 3. The Bertz CT molecular complexity index is 819. The van der Waals surface area contributed by atoms with Crippen molar-refractivity contribution in [3.63, 3.8) is 0 Å². The maximum Gasteiger partial charge on any atom is 0.409 e. The molecular formula is C23H33N3O5. The van der Waals surface area contributed by atoms with Crippen LogP contribution in [-0.4, -0.2) is 68.2 Å². The number of carbonyl (C=O) groups excluding carboxylic acids is 2. The molecule has 0 N–H and O–H groups in total. The summed E-state index contributed by atoms with van der Waals surface area (Å²) in [5.41, 5.74) is 0.978. The van der Waals surface area contributed by atoms with Crippen LogP contribution in [0.4, 0.5) is 4.79 Å². The Hall–Kier alpha value is -3.03. The maximum absolute atomic E-state index is 12.1. The van der Waals surface area contributed by atoms with E-state index < -0.39 is 5.97 Å². The highest BCUT2D eigenvalue weighted by Gasteiger charge is 2.24. The SMILES string of the molecule is COc1cccc(C2=NC(=CN(C)CCCCCCN(C)C(=O)OC(C)C)C(=O)O2)c1. The Morgan fingerprint density at radius 1 is 1.16 bits per heavy atom. The van der Waals surface area contributed by atoms with Crippen LogP contribution in [0.25, 0.3) is 0 Å². The number of hydrogen-bond donors (Lipinski definition) is 0. The van der Waals surface area contributed by atoms with Gasteiger partial charge in [0.15, 0.2) is 5.70 Å². The molecule has 0 atom stereocenters. The number of aliphatic imine (C=N–C) groups is 1. The molecule has 0 bridgehead atoms. The van der Waals surface area contributed by atoms with Crippen molar-refractivity contribution in [1.82, 2.24) is 9.80 Å². The van der Waals surface area contributed by atoms with Gasteiger partial charge in [0, 0.05) is 38.9 Å². The molecule has 0 radical (unpaired) electrons. The molecular weight excluding hydrogens is 398 g/mol. The minimum Gasteiger partial charge on any atom is -0.497 e. The van der Waals surface area contributed by atoms with Gasteiger partial charge in [-0.15, -0.1) is 0 Å². The number of amides is 1. The van der Waals surface area contributed by atoms with Gasteiger partial charge in [-0.1, -0.05) is 18.9 Å². The number of nitrogens with zero attached hydrogens (tertiary/aromatic N) is 3. The summed E-state index contributed by atoms with van der Waals surface area (Å²) < 4.78 is 15.7. The summed E-state index contributed by atoms with van der Waals surface area (Å²) in [6.45, 7) is 5.16. The summed E-state index contributed by atoms with van der Waals surface area (Å²) in [4.78, 5) is 31.8. The van der Waals surface area contributed by atoms with Crippen molar-refractivity contribution in [3.05, 3.63) is 41.7 Å². The number of carbonyl (C=O) groups is 2. The molecule has 0 saturated carbocycles. The Labute approximate surface area is 184 Å². The lowest BCUT2D eigenvalue weighted by molar-refractivity contribution is -0.130. The summed E-state index contributed by atoms with van der Waals surface area (Å²) in [5, 5.41) is 0. The van der Waals surface area contributed by atoms with Crippen molar-refractivity contribution in [3.8, 4) is 5.75 Å². The number of esters is 1. The van der Waals surface area contributed by atoms with Crippen molar-refractivity contribution in [2.24, 2.45) is 4.99 Å². The first-order valence-electron chi connectivity index (χ1n) is 10.6. The Balaban J connectivity index is 1.73. The van der Waals surface area contributed by atoms with Crippen LogP contribution in [0.3, 0.4) is 0 Å². The van der Waals surface area contributed by atoms with Crippen molar-refractivity contribution >= 4 is 18.0 Å². The minimum atomic E-state index is -0.457. The van der Waals surface area contributed by atoms with Gasteiger partial charge in [0.25, 0.3) is 0 Å². The van der Waals surface area contributed by atoms with E-state index in [9.17, 15) is 9.59 Å². The summed E-state index contributed by atoms with van der Waals surface area (Å²) in [5.74, 6) is 0.499. The third-order valence-electron chi connectivity index (χ3n) is 4.68. The second-order valence-electron chi connectivity index (χ2n) is 7.80. The van der Waals surface area contributed by atoms with Gasteiger partial charge in [-0.3, -0.25) is 0 Å². The average Bonchev–Trinajstić information content (AvgIpc) is 3.10. The predicted molar refractivity (Wildman–Crippen MR) is 119 cm³/mol. The van der Waals surface area contributed by atoms with Crippen LogP contribution in [-0.2, 0) is 14.3 Å². The molecule has 0 aromatic heterocycles. The van der Waals surface area contributed by atoms with Crippen LogP contribution in [0.5, 0.6) is 5.75 Å². The number of ether oxygens (including phenoxy) is 3. The molecule has 0 unspecified atom stereocenters. The Morgan fingerprint density at radius 3 is 2.55 bits per heavy atom. The van der Waals surface area contributed by atoms with Gasteiger partial charge >= 0.3 is 12.1 Å². The quantitative estimate of drug-likeness (QED) is 0.301. The van der Waals surface area contributed by atoms with Gasteiger partial charge < -0.3 is 24.0 Å². The fourth-order valence-corrected chi connectivity index (χ4v) is 3.00. The molecule has 0 aliphatic carbocycles. The van der Waals surface area contributed by atoms with Crippen molar-refractivity contribution < 1.29 is 23.8 Å². The molecule has 0 saturated heterocycles. The van der Waals surface area contributed by atoms with Crippen LogP contribution in [0.15, 0.2) is 41.2 Å². The molecule has 31 heavy (non-hydrogen) atoms. The monoisotopic (exact) mass is 431 g/mol. The van der Waals surface area contributed by atoms with Crippen LogP contribution in [0.1, 0.15) is 45.1 Å². The van der Waals surface area contributed by atoms with E-state index in [1.165, 1.54) is 0 Å². The lowest BCUT2D eigenvalue weighted by atomic mass is 10.2. The predicted octanol–water partition coefficient (Wildman–Crippen LogP) is 3.81. The number of methoxy groups -OCH3 is 1. The van der Waals surface area contributed by atoms with Crippen LogP contribution < -0.4 is 4.74 Å². The molecule has 1 aromatic rings. The Morgan fingerprint density at radius 2 is 1.87 bits per heavy atom. The first-order valence-corrected chi connectivity index (χ1v) is 10.6. The van der Waals surface area contributed by atoms with E-state index in [0.717, 1.165) is 32.2 Å². The second-order valence-corrected chi connectivity index (χ2v) is 7.80. The first-order chi connectivity index (χ1) is 14.8. The van der Waals surface area contributed by atoms with Crippen molar-refractivity contribution in [2.45, 2.75) is 45.6 Å². The fraction of sp³-hybridized carbons (Fsp3) is 0.522. The van der Waals surface area contributed by atoms with Gasteiger partial charge in [-0.25, -0.2) is 14.6 Å². The van der Waals surface area contributed by atoms with Crippen molar-refractivity contribution in [1.29, 1.82) is 0 Å². The zero-order valence-electron chi connectivity index (χ0n) is 19.1. The van der Waals surface area contributed by atoms with E-state index in [-0.39, 0.29) is 23.8 Å². The highest BCUT2D eigenvalue weighted by atomic mass is 16.6. The molecule has 1 amide bonds. The zero-order chi connectivity index (χ0) is 22.8. The summed E-state index contributed by atoms with van der Waals surface area (Å²) in [6, 6.07) is 7.24. The smallest absolute Gasteiger partial charge is 0.409 e. The summed E-state index contributed by atoms with van der Waals surface area (Å²) in [6.07, 6.45) is 5.28. The van der Waals surface area contributed by atoms with E-state index in [1.807, 2.05) is 44.0 Å². The molecule has 1 aliphatic heterocycles. The maximum atomic E-state index is 12.1. The Kier molecular flexibility index (Phi) is 9.37. The minimum absolute atomic E-state index is 0.104. The van der Waals surface area contributed by atoms with E-state index in [0.29, 0.717) is 17.9 Å². The summed E-state index contributed by atoms with van der Waals surface area (Å²) >= 11 is 0. The van der Waals surface area contributed by atoms with Gasteiger partial charge in [0.2, 0.25) is 5.90 Å². The fourth-order valence-electron chi connectivity index (χ4n) is 3.00. The number of hydrogen-bond acceptors (Lipinski definition) is 7. The van der Waals surface area contributed by atoms with Gasteiger partial charge in [0.1, 0.15) is 5.75 Å². The number of rotatable bonds is 11. The molecule has 2 rings (SSSR count). The third kappa shape index (κ3) is 7.96. The van der Waals surface area contributed by atoms with Crippen molar-refractivity contribution in [2.75, 3.05) is 34.3 Å². The topological polar surface area (TPSA) is 80.7 Å². The van der Waals surface area contributed by atoms with Gasteiger partial charge in [-0.05, 0) is 44.9 Å². The number of cyclic esters (lactones) is 1. The third-order valence-corrected chi connectivity index (χ3v) is 4.68. The molecule has 0 fully saturated rings. The molecule has 1 heterocycles. The standard InChI is InChI=1S/C23H33N3O5/c1-17(2)30-23(28)26(4)14-9-7-6-8-13-25(3)16-20-22(27)31-21(24-20)18-11-10-12-19(15-18)29-5/h10-12,15-17H,6-9,13-14H2,1-5H3. The normalized spacial score (nSPS) is 14.5. The molecule has 8 heteroatoms. The first kappa shape index (κ1) is 24.2. The van der Waals surface area contributed by atoms with Crippen LogP contribution in [0, 0.1) is 0 Å². The highest BCUT2D eigenvalue weighted by molar-refractivity contribution is 6.11. The molecule has 1 aromatic carbocycles. The largest absolute Gasteiger partial charge is 0.497 e. The zero-order valence-corrected chi connectivity index (χ0v) is 19.1. The van der Waals surface area contributed by atoms with Gasteiger partial charge in [-0.2, -0.15) is 0 Å². The number of benzene rings is 1. The van der Waals surface area contributed by atoms with E-state index in [2.05, 4.69) is 4.99 Å². The average molecular weight is 432 g/mol. The lowest BCUT2D eigenvalue weighted by Gasteiger charge is -2.18. The molecule has 1 aliphatic rings. The molecule has 8 nitrogen and oxygen atoms in total. The second kappa shape index (κ2) is 12.0. The highest BCUT2D eigenvalue weighted by Crippen LogP contribution is 2.20. The molecule has 0 spiro atoms. The van der Waals surface area contributed by atoms with E-state index >= 15 is 0 Å². The molecule has 170 valence electrons.